The van der Waals surface area contributed by atoms with Crippen LogP contribution in [0, 0.1) is 6.92 Å². The van der Waals surface area contributed by atoms with Crippen molar-refractivity contribution in [2.45, 2.75) is 25.9 Å². The van der Waals surface area contributed by atoms with Crippen molar-refractivity contribution in [3.8, 4) is 0 Å². The van der Waals surface area contributed by atoms with Gasteiger partial charge in [0.2, 0.25) is 0 Å². The third-order valence-corrected chi connectivity index (χ3v) is 4.98. The summed E-state index contributed by atoms with van der Waals surface area (Å²) in [4.78, 5) is 16.8. The first-order valence-corrected chi connectivity index (χ1v) is 8.88. The molecule has 0 bridgehead atoms. The Bertz CT molecular complexity index is 709. The molecule has 1 heterocycles. The third-order valence-electron chi connectivity index (χ3n) is 4.98. The van der Waals surface area contributed by atoms with E-state index in [4.69, 9.17) is 0 Å². The number of hydrogen-bond donors (Lipinski definition) is 1. The molecule has 1 atom stereocenters. The van der Waals surface area contributed by atoms with Crippen molar-refractivity contribution >= 4 is 11.6 Å². The van der Waals surface area contributed by atoms with E-state index in [9.17, 15) is 4.79 Å². The minimum atomic E-state index is 0.102. The van der Waals surface area contributed by atoms with Gasteiger partial charge in [-0.25, -0.2) is 0 Å². The summed E-state index contributed by atoms with van der Waals surface area (Å²) in [5.74, 6) is 0.102. The lowest BCUT2D eigenvalue weighted by molar-refractivity contribution is 0.0737. The third kappa shape index (κ3) is 4.40. The van der Waals surface area contributed by atoms with E-state index >= 15 is 0 Å². The highest BCUT2D eigenvalue weighted by Crippen LogP contribution is 2.17. The summed E-state index contributed by atoms with van der Waals surface area (Å²) in [6.07, 6.45) is 1.05. The predicted molar refractivity (Wildman–Crippen MR) is 103 cm³/mol. The summed E-state index contributed by atoms with van der Waals surface area (Å²) in [7, 11) is 4.02. The van der Waals surface area contributed by atoms with E-state index in [0.717, 1.165) is 37.3 Å². The van der Waals surface area contributed by atoms with Crippen LogP contribution in [-0.4, -0.2) is 48.9 Å². The first-order chi connectivity index (χ1) is 12.0. The molecule has 0 spiro atoms. The van der Waals surface area contributed by atoms with Gasteiger partial charge < -0.3 is 15.1 Å². The van der Waals surface area contributed by atoms with Gasteiger partial charge in [0.1, 0.15) is 0 Å². The molecule has 4 nitrogen and oxygen atoms in total. The first kappa shape index (κ1) is 17.5. The number of likely N-dealkylation sites (N-methyl/N-ethyl adjacent to an activating group) is 2. The Kier molecular flexibility index (Phi) is 5.39. The van der Waals surface area contributed by atoms with Crippen LogP contribution in [0.15, 0.2) is 48.5 Å². The van der Waals surface area contributed by atoms with Crippen LogP contribution >= 0.6 is 0 Å². The molecule has 2 aromatic carbocycles. The number of nitrogens with zero attached hydrogens (tertiary/aromatic N) is 2. The van der Waals surface area contributed by atoms with Gasteiger partial charge in [0, 0.05) is 37.4 Å². The Balaban J connectivity index is 1.57. The maximum absolute atomic E-state index is 12.6. The Morgan fingerprint density at radius 2 is 1.84 bits per heavy atom. The molecule has 0 saturated carbocycles. The van der Waals surface area contributed by atoms with Crippen LogP contribution in [0.1, 0.15) is 27.9 Å². The van der Waals surface area contributed by atoms with Crippen molar-refractivity contribution in [1.82, 2.24) is 9.80 Å². The maximum atomic E-state index is 12.6. The Morgan fingerprint density at radius 3 is 2.44 bits per heavy atom. The number of likely N-dealkylation sites (tertiary alicyclic amines) is 1. The van der Waals surface area contributed by atoms with Gasteiger partial charge in [-0.05, 0) is 56.8 Å². The molecular weight excluding hydrogens is 310 g/mol. The van der Waals surface area contributed by atoms with E-state index < -0.39 is 0 Å². The summed E-state index contributed by atoms with van der Waals surface area (Å²) in [6.45, 7) is 4.89. The number of nitrogens with one attached hydrogen (secondary N) is 1. The molecule has 3 rings (SSSR count). The minimum absolute atomic E-state index is 0.102. The number of anilines is 1. The smallest absolute Gasteiger partial charge is 0.253 e. The highest BCUT2D eigenvalue weighted by molar-refractivity contribution is 5.94. The van der Waals surface area contributed by atoms with Crippen molar-refractivity contribution in [2.75, 3.05) is 32.5 Å². The number of rotatable bonds is 5. The summed E-state index contributed by atoms with van der Waals surface area (Å²) < 4.78 is 0. The van der Waals surface area contributed by atoms with E-state index in [1.165, 1.54) is 11.1 Å². The van der Waals surface area contributed by atoms with E-state index in [1.807, 2.05) is 36.2 Å². The number of hydrogen-bond acceptors (Lipinski definition) is 3. The number of aryl methyl sites for hydroxylation is 1. The Hall–Kier alpha value is -2.33. The van der Waals surface area contributed by atoms with Crippen LogP contribution in [0.3, 0.4) is 0 Å². The normalized spacial score (nSPS) is 17.5. The molecular formula is C21H27N3O. The SMILES string of the molecule is Cc1ccc(CNc2ccc(C(=O)N(C)C3CCN(C)C3)cc2)cc1. The summed E-state index contributed by atoms with van der Waals surface area (Å²) in [6, 6.07) is 16.6. The van der Waals surface area contributed by atoms with Crippen LogP contribution in [-0.2, 0) is 6.54 Å². The first-order valence-electron chi connectivity index (χ1n) is 8.88. The second-order valence-corrected chi connectivity index (χ2v) is 7.04. The number of benzene rings is 2. The molecule has 1 N–H and O–H groups in total. The Morgan fingerprint density at radius 1 is 1.16 bits per heavy atom. The fraction of sp³-hybridized carbons (Fsp3) is 0.381. The highest BCUT2D eigenvalue weighted by Gasteiger charge is 2.26. The van der Waals surface area contributed by atoms with Crippen LogP contribution in [0.2, 0.25) is 0 Å². The lowest BCUT2D eigenvalue weighted by atomic mass is 10.1. The molecule has 1 saturated heterocycles. The molecule has 1 aliphatic heterocycles. The zero-order valence-electron chi connectivity index (χ0n) is 15.3. The molecule has 4 heteroatoms. The van der Waals surface area contributed by atoms with Crippen LogP contribution in [0.4, 0.5) is 5.69 Å². The van der Waals surface area contributed by atoms with Gasteiger partial charge in [0.05, 0.1) is 0 Å². The van der Waals surface area contributed by atoms with Gasteiger partial charge in [-0.3, -0.25) is 4.79 Å². The fourth-order valence-corrected chi connectivity index (χ4v) is 3.24. The molecule has 25 heavy (non-hydrogen) atoms. The van der Waals surface area contributed by atoms with Gasteiger partial charge in [0.25, 0.3) is 5.91 Å². The molecule has 1 fully saturated rings. The number of carbonyl (C=O) groups is 1. The monoisotopic (exact) mass is 337 g/mol. The standard InChI is InChI=1S/C21H27N3O/c1-16-4-6-17(7-5-16)14-22-19-10-8-18(9-11-19)21(25)24(3)20-12-13-23(2)15-20/h4-11,20,22H,12-15H2,1-3H3. The molecule has 2 aromatic rings. The minimum Gasteiger partial charge on any atom is -0.381 e. The van der Waals surface area contributed by atoms with Gasteiger partial charge in [-0.15, -0.1) is 0 Å². The highest BCUT2D eigenvalue weighted by atomic mass is 16.2. The largest absolute Gasteiger partial charge is 0.381 e. The van der Waals surface area contributed by atoms with E-state index in [1.54, 1.807) is 0 Å². The Labute approximate surface area is 150 Å². The van der Waals surface area contributed by atoms with Crippen molar-refractivity contribution in [1.29, 1.82) is 0 Å². The topological polar surface area (TPSA) is 35.6 Å². The molecule has 1 amide bonds. The lowest BCUT2D eigenvalue weighted by Gasteiger charge is -2.24. The van der Waals surface area contributed by atoms with Crippen molar-refractivity contribution in [3.05, 3.63) is 65.2 Å². The predicted octanol–water partition coefficient (Wildman–Crippen LogP) is 3.38. The van der Waals surface area contributed by atoms with E-state index in [0.29, 0.717) is 6.04 Å². The number of carbonyl (C=O) groups excluding carboxylic acids is 1. The van der Waals surface area contributed by atoms with Gasteiger partial charge in [-0.1, -0.05) is 29.8 Å². The van der Waals surface area contributed by atoms with Gasteiger partial charge in [-0.2, -0.15) is 0 Å². The second-order valence-electron chi connectivity index (χ2n) is 7.04. The molecule has 1 aliphatic rings. The summed E-state index contributed by atoms with van der Waals surface area (Å²) in [5.41, 5.74) is 4.29. The summed E-state index contributed by atoms with van der Waals surface area (Å²) in [5, 5.41) is 3.41. The van der Waals surface area contributed by atoms with Crippen LogP contribution in [0.25, 0.3) is 0 Å². The fourth-order valence-electron chi connectivity index (χ4n) is 3.24. The van der Waals surface area contributed by atoms with Crippen LogP contribution in [0.5, 0.6) is 0 Å². The van der Waals surface area contributed by atoms with Crippen molar-refractivity contribution in [3.63, 3.8) is 0 Å². The lowest BCUT2D eigenvalue weighted by Crippen LogP contribution is -2.38. The quantitative estimate of drug-likeness (QED) is 0.908. The van der Waals surface area contributed by atoms with Crippen molar-refractivity contribution in [2.24, 2.45) is 0 Å². The van der Waals surface area contributed by atoms with Crippen molar-refractivity contribution < 1.29 is 4.79 Å². The molecule has 0 aromatic heterocycles. The molecule has 132 valence electrons. The van der Waals surface area contributed by atoms with E-state index in [-0.39, 0.29) is 5.91 Å². The second kappa shape index (κ2) is 7.70. The summed E-state index contributed by atoms with van der Waals surface area (Å²) >= 11 is 0. The van der Waals surface area contributed by atoms with Crippen LogP contribution < -0.4 is 5.32 Å². The zero-order valence-corrected chi connectivity index (χ0v) is 15.3. The molecule has 0 aliphatic carbocycles. The maximum Gasteiger partial charge on any atom is 0.253 e. The average Bonchev–Trinajstić information content (AvgIpc) is 3.07. The molecule has 1 unspecified atom stereocenters. The number of amides is 1. The van der Waals surface area contributed by atoms with E-state index in [2.05, 4.69) is 48.5 Å². The van der Waals surface area contributed by atoms with Gasteiger partial charge in [0.15, 0.2) is 0 Å². The zero-order chi connectivity index (χ0) is 17.8. The molecule has 0 radical (unpaired) electrons. The van der Waals surface area contributed by atoms with Gasteiger partial charge >= 0.3 is 0 Å². The average molecular weight is 337 g/mol.